The number of rotatable bonds is 8. The minimum Gasteiger partial charge on any atom is -0.310 e. The van der Waals surface area contributed by atoms with Gasteiger partial charge in [0.15, 0.2) is 0 Å². The van der Waals surface area contributed by atoms with Crippen molar-refractivity contribution in [1.29, 1.82) is 0 Å². The van der Waals surface area contributed by atoms with Gasteiger partial charge in [0.25, 0.3) is 0 Å². The smallest absolute Gasteiger partial charge is 0.0809 e. The molecule has 4 heteroatoms. The molecular formula is C15H22N2S2. The molecule has 0 aliphatic rings. The van der Waals surface area contributed by atoms with Crippen LogP contribution in [-0.4, -0.2) is 23.5 Å². The SMILES string of the molecule is CSCCCCCNC(C)c1cnc2ccsc2c1. The summed E-state index contributed by atoms with van der Waals surface area (Å²) in [6.45, 7) is 3.32. The second-order valence-corrected chi connectivity index (χ2v) is 6.74. The van der Waals surface area contributed by atoms with Crippen LogP contribution in [0.25, 0.3) is 10.2 Å². The van der Waals surface area contributed by atoms with Gasteiger partial charge in [-0.05, 0) is 61.4 Å². The highest BCUT2D eigenvalue weighted by atomic mass is 32.2. The standard InChI is InChI=1S/C15H22N2S2/c1-12(16-7-4-3-5-8-18-2)13-10-15-14(17-11-13)6-9-19-15/h6,9-12,16H,3-5,7-8H2,1-2H3. The van der Waals surface area contributed by atoms with E-state index in [0.717, 1.165) is 12.1 Å². The van der Waals surface area contributed by atoms with Gasteiger partial charge in [0, 0.05) is 12.2 Å². The van der Waals surface area contributed by atoms with Crippen molar-refractivity contribution < 1.29 is 0 Å². The number of unbranched alkanes of at least 4 members (excludes halogenated alkanes) is 2. The number of pyridine rings is 1. The lowest BCUT2D eigenvalue weighted by molar-refractivity contribution is 0.544. The van der Waals surface area contributed by atoms with Gasteiger partial charge >= 0.3 is 0 Å². The van der Waals surface area contributed by atoms with Crippen LogP contribution < -0.4 is 5.32 Å². The van der Waals surface area contributed by atoms with E-state index >= 15 is 0 Å². The van der Waals surface area contributed by atoms with Gasteiger partial charge in [-0.3, -0.25) is 4.98 Å². The number of aromatic nitrogens is 1. The number of hydrogen-bond donors (Lipinski definition) is 1. The molecule has 0 radical (unpaired) electrons. The summed E-state index contributed by atoms with van der Waals surface area (Å²) in [4.78, 5) is 4.50. The van der Waals surface area contributed by atoms with Gasteiger partial charge in [-0.2, -0.15) is 11.8 Å². The lowest BCUT2D eigenvalue weighted by atomic mass is 10.1. The van der Waals surface area contributed by atoms with Crippen molar-refractivity contribution in [3.05, 3.63) is 29.3 Å². The molecule has 0 fully saturated rings. The highest BCUT2D eigenvalue weighted by molar-refractivity contribution is 7.98. The molecule has 0 spiro atoms. The number of thiophene rings is 1. The van der Waals surface area contributed by atoms with Gasteiger partial charge in [-0.15, -0.1) is 11.3 Å². The maximum atomic E-state index is 4.50. The molecule has 2 heterocycles. The third-order valence-corrected chi connectivity index (χ3v) is 4.85. The van der Waals surface area contributed by atoms with E-state index in [4.69, 9.17) is 0 Å². The predicted molar refractivity (Wildman–Crippen MR) is 88.3 cm³/mol. The lowest BCUT2D eigenvalue weighted by Gasteiger charge is -2.13. The van der Waals surface area contributed by atoms with E-state index in [1.54, 1.807) is 11.3 Å². The van der Waals surface area contributed by atoms with Crippen molar-refractivity contribution in [2.75, 3.05) is 18.6 Å². The molecule has 104 valence electrons. The lowest BCUT2D eigenvalue weighted by Crippen LogP contribution is -2.19. The summed E-state index contributed by atoms with van der Waals surface area (Å²) in [5.41, 5.74) is 2.40. The van der Waals surface area contributed by atoms with E-state index in [9.17, 15) is 0 Å². The summed E-state index contributed by atoms with van der Waals surface area (Å²) in [6.07, 6.45) is 8.09. The van der Waals surface area contributed by atoms with Crippen LogP contribution in [0, 0.1) is 0 Å². The van der Waals surface area contributed by atoms with Crippen LogP contribution in [0.1, 0.15) is 37.8 Å². The molecule has 0 amide bonds. The molecule has 0 bridgehead atoms. The van der Waals surface area contributed by atoms with E-state index < -0.39 is 0 Å². The molecule has 2 aromatic heterocycles. The first kappa shape index (κ1) is 14.8. The van der Waals surface area contributed by atoms with E-state index in [1.165, 1.54) is 35.3 Å². The van der Waals surface area contributed by atoms with Crippen LogP contribution in [0.4, 0.5) is 0 Å². The van der Waals surface area contributed by atoms with Crippen molar-refractivity contribution in [2.45, 2.75) is 32.2 Å². The average Bonchev–Trinajstić information content (AvgIpc) is 2.89. The molecule has 2 rings (SSSR count). The van der Waals surface area contributed by atoms with Crippen LogP contribution in [-0.2, 0) is 0 Å². The second-order valence-electron chi connectivity index (χ2n) is 4.80. The summed E-state index contributed by atoms with van der Waals surface area (Å²) in [5, 5.41) is 5.69. The Morgan fingerprint density at radius 3 is 3.11 bits per heavy atom. The highest BCUT2D eigenvalue weighted by Gasteiger charge is 2.06. The largest absolute Gasteiger partial charge is 0.310 e. The zero-order valence-corrected chi connectivity index (χ0v) is 13.3. The molecule has 0 saturated carbocycles. The zero-order chi connectivity index (χ0) is 13.5. The fourth-order valence-corrected chi connectivity index (χ4v) is 3.36. The Hall–Kier alpha value is -0.580. The molecule has 0 aromatic carbocycles. The fraction of sp³-hybridized carbons (Fsp3) is 0.533. The monoisotopic (exact) mass is 294 g/mol. The Labute approximate surface area is 124 Å². The molecule has 0 aliphatic carbocycles. The minimum absolute atomic E-state index is 0.388. The van der Waals surface area contributed by atoms with Crippen LogP contribution in [0.2, 0.25) is 0 Å². The Kier molecular flexibility index (Phi) is 6.14. The first-order valence-corrected chi connectivity index (χ1v) is 9.14. The first-order valence-electron chi connectivity index (χ1n) is 6.86. The topological polar surface area (TPSA) is 24.9 Å². The van der Waals surface area contributed by atoms with Crippen molar-refractivity contribution >= 4 is 33.3 Å². The van der Waals surface area contributed by atoms with Crippen LogP contribution in [0.15, 0.2) is 23.7 Å². The maximum absolute atomic E-state index is 4.50. The minimum atomic E-state index is 0.388. The van der Waals surface area contributed by atoms with E-state index in [2.05, 4.69) is 41.0 Å². The molecule has 2 aromatic rings. The summed E-state index contributed by atoms with van der Waals surface area (Å²) in [6, 6.07) is 4.73. The Morgan fingerprint density at radius 1 is 1.37 bits per heavy atom. The summed E-state index contributed by atoms with van der Waals surface area (Å²) >= 11 is 3.70. The third kappa shape index (κ3) is 4.48. The summed E-state index contributed by atoms with van der Waals surface area (Å²) in [5.74, 6) is 1.29. The predicted octanol–water partition coefficient (Wildman–Crippen LogP) is 4.48. The molecule has 1 N–H and O–H groups in total. The second kappa shape index (κ2) is 7.88. The van der Waals surface area contributed by atoms with Crippen molar-refractivity contribution in [3.8, 4) is 0 Å². The van der Waals surface area contributed by atoms with E-state index in [0.29, 0.717) is 6.04 Å². The third-order valence-electron chi connectivity index (χ3n) is 3.30. The molecular weight excluding hydrogens is 272 g/mol. The van der Waals surface area contributed by atoms with Gasteiger partial charge in [0.05, 0.1) is 10.2 Å². The Balaban J connectivity index is 1.77. The van der Waals surface area contributed by atoms with Crippen LogP contribution in [0.5, 0.6) is 0 Å². The van der Waals surface area contributed by atoms with Gasteiger partial charge in [-0.1, -0.05) is 6.42 Å². The van der Waals surface area contributed by atoms with Crippen LogP contribution >= 0.6 is 23.1 Å². The summed E-state index contributed by atoms with van der Waals surface area (Å²) < 4.78 is 1.28. The van der Waals surface area contributed by atoms with Gasteiger partial charge in [-0.25, -0.2) is 0 Å². The van der Waals surface area contributed by atoms with Gasteiger partial charge in [0.1, 0.15) is 0 Å². The van der Waals surface area contributed by atoms with E-state index in [1.807, 2.05) is 18.0 Å². The number of thioether (sulfide) groups is 1. The van der Waals surface area contributed by atoms with E-state index in [-0.39, 0.29) is 0 Å². The zero-order valence-electron chi connectivity index (χ0n) is 11.7. The van der Waals surface area contributed by atoms with Crippen molar-refractivity contribution in [3.63, 3.8) is 0 Å². The van der Waals surface area contributed by atoms with Gasteiger partial charge in [0.2, 0.25) is 0 Å². The number of nitrogens with one attached hydrogen (secondary N) is 1. The quantitative estimate of drug-likeness (QED) is 0.727. The van der Waals surface area contributed by atoms with Crippen LogP contribution in [0.3, 0.4) is 0 Å². The molecule has 0 aliphatic heterocycles. The molecule has 1 unspecified atom stereocenters. The average molecular weight is 294 g/mol. The van der Waals surface area contributed by atoms with Crippen molar-refractivity contribution in [2.24, 2.45) is 0 Å². The normalized spacial score (nSPS) is 12.9. The number of hydrogen-bond acceptors (Lipinski definition) is 4. The number of fused-ring (bicyclic) bond motifs is 1. The van der Waals surface area contributed by atoms with Crippen molar-refractivity contribution in [1.82, 2.24) is 10.3 Å². The Morgan fingerprint density at radius 2 is 2.26 bits per heavy atom. The Bertz CT molecular complexity index is 496. The number of nitrogens with zero attached hydrogens (tertiary/aromatic N) is 1. The first-order chi connectivity index (χ1) is 9.31. The molecule has 0 saturated heterocycles. The highest BCUT2D eigenvalue weighted by Crippen LogP contribution is 2.22. The fourth-order valence-electron chi connectivity index (χ4n) is 2.08. The maximum Gasteiger partial charge on any atom is 0.0809 e. The molecule has 1 atom stereocenters. The molecule has 19 heavy (non-hydrogen) atoms. The summed E-state index contributed by atoms with van der Waals surface area (Å²) in [7, 11) is 0. The molecule has 2 nitrogen and oxygen atoms in total. The van der Waals surface area contributed by atoms with Gasteiger partial charge < -0.3 is 5.32 Å².